The minimum atomic E-state index is -0.804. The fourth-order valence-electron chi connectivity index (χ4n) is 0.800. The molecule has 0 unspecified atom stereocenters. The summed E-state index contributed by atoms with van der Waals surface area (Å²) in [5.41, 5.74) is 0.459. The number of carboxylic acids is 1. The van der Waals surface area contributed by atoms with E-state index in [0.29, 0.717) is 5.57 Å². The van der Waals surface area contributed by atoms with E-state index in [-0.39, 0.29) is 62.0 Å². The van der Waals surface area contributed by atoms with E-state index in [9.17, 15) is 4.79 Å². The molecule has 2 nitrogen and oxygen atoms in total. The molecular formula is C9H18Na2O2. The zero-order valence-electron chi connectivity index (χ0n) is 11.3. The maximum Gasteiger partial charge on any atom is 1.00 e. The summed E-state index contributed by atoms with van der Waals surface area (Å²) in [5, 5.41) is 8.47. The number of rotatable bonds is 5. The van der Waals surface area contributed by atoms with Crippen molar-refractivity contribution in [3.63, 3.8) is 0 Å². The molecule has 0 aromatic heterocycles. The molecule has 0 saturated carbocycles. The fourth-order valence-corrected chi connectivity index (χ4v) is 0.800. The first-order valence-corrected chi connectivity index (χ1v) is 4.08. The van der Waals surface area contributed by atoms with Crippen LogP contribution < -0.4 is 59.1 Å². The Morgan fingerprint density at radius 3 is 2.31 bits per heavy atom. The molecule has 0 rings (SSSR count). The van der Waals surface area contributed by atoms with Gasteiger partial charge in [-0.3, -0.25) is 0 Å². The van der Waals surface area contributed by atoms with Crippen LogP contribution in [0.15, 0.2) is 11.6 Å². The van der Waals surface area contributed by atoms with Crippen molar-refractivity contribution >= 4 is 5.97 Å². The summed E-state index contributed by atoms with van der Waals surface area (Å²) in [6.07, 6.45) is 6.15. The summed E-state index contributed by atoms with van der Waals surface area (Å²) in [4.78, 5) is 10.3. The summed E-state index contributed by atoms with van der Waals surface area (Å²) in [6.45, 7) is 3.77. The van der Waals surface area contributed by atoms with Gasteiger partial charge in [0.2, 0.25) is 0 Å². The van der Waals surface area contributed by atoms with E-state index in [1.54, 1.807) is 13.0 Å². The average Bonchev–Trinajstić information content (AvgIpc) is 1.97. The van der Waals surface area contributed by atoms with Crippen LogP contribution in [-0.4, -0.2) is 11.1 Å². The standard InChI is InChI=1S/C9H16O2.2Na.2H/c1-3-4-5-6-7-8(2)9(10)11;;;;/h7H,3-6H2,1-2H3,(H,10,11);;;;/q;2*+1;2*-1/b8-7-;;;;. The Labute approximate surface area is 128 Å². The molecule has 0 aromatic carbocycles. The molecule has 0 bridgehead atoms. The van der Waals surface area contributed by atoms with Crippen molar-refractivity contribution in [2.45, 2.75) is 39.5 Å². The Bertz CT molecular complexity index is 164. The van der Waals surface area contributed by atoms with Gasteiger partial charge in [0, 0.05) is 5.57 Å². The fraction of sp³-hybridized carbons (Fsp3) is 0.667. The first-order chi connectivity index (χ1) is 5.18. The van der Waals surface area contributed by atoms with Gasteiger partial charge < -0.3 is 7.96 Å². The van der Waals surface area contributed by atoms with Crippen molar-refractivity contribution in [1.82, 2.24) is 0 Å². The van der Waals surface area contributed by atoms with Crippen LogP contribution in [0.1, 0.15) is 42.4 Å². The third-order valence-electron chi connectivity index (χ3n) is 1.60. The largest absolute Gasteiger partial charge is 1.00 e. The molecule has 0 aliphatic heterocycles. The zero-order valence-corrected chi connectivity index (χ0v) is 13.3. The first-order valence-electron chi connectivity index (χ1n) is 4.08. The second kappa shape index (κ2) is 13.2. The normalized spacial score (nSPS) is 9.85. The van der Waals surface area contributed by atoms with Gasteiger partial charge in [-0.2, -0.15) is 0 Å². The number of allylic oxidation sites excluding steroid dienone is 1. The maximum atomic E-state index is 10.3. The minimum absolute atomic E-state index is 0. The van der Waals surface area contributed by atoms with Gasteiger partial charge in [-0.15, -0.1) is 0 Å². The van der Waals surface area contributed by atoms with Crippen molar-refractivity contribution < 1.29 is 71.9 Å². The summed E-state index contributed by atoms with van der Waals surface area (Å²) in [7, 11) is 0. The summed E-state index contributed by atoms with van der Waals surface area (Å²) < 4.78 is 0. The number of hydrogen-bond donors (Lipinski definition) is 1. The van der Waals surface area contributed by atoms with Gasteiger partial charge in [0.1, 0.15) is 0 Å². The predicted molar refractivity (Wildman–Crippen MR) is 47.8 cm³/mol. The van der Waals surface area contributed by atoms with Crippen molar-refractivity contribution in [3.8, 4) is 0 Å². The molecule has 0 aliphatic rings. The van der Waals surface area contributed by atoms with Crippen molar-refractivity contribution in [1.29, 1.82) is 0 Å². The molecule has 68 valence electrons. The van der Waals surface area contributed by atoms with Crippen molar-refractivity contribution in [2.75, 3.05) is 0 Å². The van der Waals surface area contributed by atoms with E-state index in [1.165, 1.54) is 12.8 Å². The van der Waals surface area contributed by atoms with Crippen LogP contribution in [0.5, 0.6) is 0 Å². The van der Waals surface area contributed by atoms with Crippen LogP contribution in [-0.2, 0) is 4.79 Å². The van der Waals surface area contributed by atoms with E-state index in [1.807, 2.05) is 0 Å². The van der Waals surface area contributed by atoms with Gasteiger partial charge >= 0.3 is 65.1 Å². The van der Waals surface area contributed by atoms with Crippen molar-refractivity contribution in [3.05, 3.63) is 11.6 Å². The number of unbranched alkanes of at least 4 members (excludes halogenated alkanes) is 3. The van der Waals surface area contributed by atoms with E-state index >= 15 is 0 Å². The third-order valence-corrected chi connectivity index (χ3v) is 1.60. The van der Waals surface area contributed by atoms with Crippen LogP contribution in [0.25, 0.3) is 0 Å². The number of hydrogen-bond acceptors (Lipinski definition) is 1. The smallest absolute Gasteiger partial charge is 1.00 e. The maximum absolute atomic E-state index is 10.3. The average molecular weight is 204 g/mol. The molecule has 0 saturated heterocycles. The Hall–Kier alpha value is 1.21. The van der Waals surface area contributed by atoms with Crippen LogP contribution in [0.2, 0.25) is 0 Å². The second-order valence-corrected chi connectivity index (χ2v) is 2.69. The molecule has 0 fully saturated rings. The van der Waals surface area contributed by atoms with E-state index < -0.39 is 5.97 Å². The van der Waals surface area contributed by atoms with Crippen molar-refractivity contribution in [2.24, 2.45) is 0 Å². The number of carboxylic acid groups (broad SMARTS) is 1. The molecule has 4 heteroatoms. The molecule has 0 radical (unpaired) electrons. The Morgan fingerprint density at radius 1 is 1.38 bits per heavy atom. The SMILES string of the molecule is CCCCC/C=C(/C)C(=O)O.[H-].[H-].[Na+].[Na+]. The molecule has 0 amide bonds. The van der Waals surface area contributed by atoms with E-state index in [4.69, 9.17) is 5.11 Å². The third kappa shape index (κ3) is 13.2. The Morgan fingerprint density at radius 2 is 1.92 bits per heavy atom. The van der Waals surface area contributed by atoms with Gasteiger partial charge in [0.05, 0.1) is 0 Å². The minimum Gasteiger partial charge on any atom is -1.00 e. The molecule has 0 heterocycles. The van der Waals surface area contributed by atoms with Crippen LogP contribution in [0.4, 0.5) is 0 Å². The first kappa shape index (κ1) is 19.7. The number of aliphatic carboxylic acids is 1. The molecule has 0 atom stereocenters. The summed E-state index contributed by atoms with van der Waals surface area (Å²) >= 11 is 0. The molecule has 0 aliphatic carbocycles. The van der Waals surface area contributed by atoms with E-state index in [2.05, 4.69) is 6.92 Å². The molecule has 0 spiro atoms. The summed E-state index contributed by atoms with van der Waals surface area (Å²) in [6, 6.07) is 0. The van der Waals surface area contributed by atoms with Crippen LogP contribution >= 0.6 is 0 Å². The van der Waals surface area contributed by atoms with Gasteiger partial charge in [-0.1, -0.05) is 25.8 Å². The Balaban J connectivity index is -0.0000000833. The summed E-state index contributed by atoms with van der Waals surface area (Å²) in [5.74, 6) is -0.804. The van der Waals surface area contributed by atoms with Gasteiger partial charge in [-0.05, 0) is 19.8 Å². The molecular weight excluding hydrogens is 186 g/mol. The second-order valence-electron chi connectivity index (χ2n) is 2.69. The zero-order chi connectivity index (χ0) is 8.69. The Kier molecular flexibility index (Phi) is 20.1. The molecule has 1 N–H and O–H groups in total. The monoisotopic (exact) mass is 204 g/mol. The van der Waals surface area contributed by atoms with Gasteiger partial charge in [-0.25, -0.2) is 4.79 Å². The van der Waals surface area contributed by atoms with E-state index in [0.717, 1.165) is 12.8 Å². The van der Waals surface area contributed by atoms with Gasteiger partial charge in [0.25, 0.3) is 0 Å². The van der Waals surface area contributed by atoms with Gasteiger partial charge in [0.15, 0.2) is 0 Å². The molecule has 13 heavy (non-hydrogen) atoms. The predicted octanol–water partition coefficient (Wildman–Crippen LogP) is -3.17. The number of carbonyl (C=O) groups is 1. The molecule has 0 aromatic rings. The quantitative estimate of drug-likeness (QED) is 0.291. The van der Waals surface area contributed by atoms with Crippen LogP contribution in [0, 0.1) is 0 Å². The van der Waals surface area contributed by atoms with Crippen LogP contribution in [0.3, 0.4) is 0 Å². The topological polar surface area (TPSA) is 37.3 Å².